The zero-order valence-corrected chi connectivity index (χ0v) is 17.6. The van der Waals surface area contributed by atoms with Crippen molar-refractivity contribution in [3.8, 4) is 0 Å². The number of carbonyl (C=O) groups is 1. The van der Waals surface area contributed by atoms with Crippen LogP contribution in [0.3, 0.4) is 0 Å². The lowest BCUT2D eigenvalue weighted by atomic mass is 9.98. The minimum atomic E-state index is -0.435. The predicted octanol–water partition coefficient (Wildman–Crippen LogP) is 5.11. The highest BCUT2D eigenvalue weighted by atomic mass is 127. The van der Waals surface area contributed by atoms with Crippen LogP contribution in [0.4, 0.5) is 10.5 Å². The average molecular weight is 495 g/mol. The van der Waals surface area contributed by atoms with E-state index < -0.39 is 5.60 Å². The Morgan fingerprint density at radius 1 is 1.48 bits per heavy atom. The van der Waals surface area contributed by atoms with Crippen LogP contribution in [-0.2, 0) is 4.74 Å². The zero-order valence-electron chi connectivity index (χ0n) is 13.9. The number of hydrogen-bond acceptors (Lipinski definition) is 3. The lowest BCUT2D eigenvalue weighted by molar-refractivity contribution is 0.0172. The van der Waals surface area contributed by atoms with Gasteiger partial charge in [-0.05, 0) is 96.3 Å². The van der Waals surface area contributed by atoms with Crippen LogP contribution in [0.1, 0.15) is 33.6 Å². The summed E-state index contributed by atoms with van der Waals surface area (Å²) in [5.41, 5.74) is 0.669. The number of carbonyl (C=O) groups excluding carboxylic acids is 1. The Bertz CT molecular complexity index is 560. The third kappa shape index (κ3) is 6.14. The van der Waals surface area contributed by atoms with Crippen molar-refractivity contribution in [3.63, 3.8) is 0 Å². The smallest absolute Gasteiger partial charge is 0.410 e. The van der Waals surface area contributed by atoms with Crippen molar-refractivity contribution < 1.29 is 9.53 Å². The molecule has 1 saturated heterocycles. The van der Waals surface area contributed by atoms with Gasteiger partial charge < -0.3 is 15.0 Å². The number of likely N-dealkylation sites (tertiary alicyclic amines) is 1. The third-order valence-corrected chi connectivity index (χ3v) is 6.02. The molecule has 2 rings (SSSR count). The monoisotopic (exact) mass is 494 g/mol. The lowest BCUT2D eigenvalue weighted by Gasteiger charge is -2.34. The molecule has 128 valence electrons. The number of halogens is 2. The number of anilines is 1. The largest absolute Gasteiger partial charge is 0.444 e. The topological polar surface area (TPSA) is 41.6 Å². The first-order chi connectivity index (χ1) is 10.7. The molecule has 4 nitrogen and oxygen atoms in total. The van der Waals surface area contributed by atoms with Gasteiger partial charge in [0.2, 0.25) is 0 Å². The molecule has 1 heterocycles. The Kier molecular flexibility index (Phi) is 6.59. The lowest BCUT2D eigenvalue weighted by Crippen LogP contribution is -2.44. The third-order valence-electron chi connectivity index (χ3n) is 3.69. The average Bonchev–Trinajstić information content (AvgIpc) is 2.47. The Morgan fingerprint density at radius 2 is 2.22 bits per heavy atom. The molecule has 0 radical (unpaired) electrons. The van der Waals surface area contributed by atoms with E-state index >= 15 is 0 Å². The highest BCUT2D eigenvalue weighted by molar-refractivity contribution is 14.1. The summed E-state index contributed by atoms with van der Waals surface area (Å²) >= 11 is 5.85. The van der Waals surface area contributed by atoms with Gasteiger partial charge >= 0.3 is 6.09 Å². The number of piperidine rings is 1. The molecule has 1 aromatic carbocycles. The number of nitrogens with zero attached hydrogens (tertiary/aromatic N) is 1. The molecule has 0 spiro atoms. The van der Waals surface area contributed by atoms with Crippen LogP contribution in [0.15, 0.2) is 22.7 Å². The van der Waals surface area contributed by atoms with Crippen LogP contribution in [0.25, 0.3) is 0 Å². The maximum absolute atomic E-state index is 12.2. The molecule has 0 bridgehead atoms. The normalized spacial score (nSPS) is 18.7. The van der Waals surface area contributed by atoms with E-state index in [0.717, 1.165) is 42.6 Å². The summed E-state index contributed by atoms with van der Waals surface area (Å²) in [6, 6.07) is 6.26. The van der Waals surface area contributed by atoms with E-state index in [4.69, 9.17) is 4.74 Å². The van der Waals surface area contributed by atoms with E-state index in [1.54, 1.807) is 0 Å². The van der Waals surface area contributed by atoms with Crippen molar-refractivity contribution in [1.82, 2.24) is 4.90 Å². The Labute approximate surface area is 160 Å². The fourth-order valence-electron chi connectivity index (χ4n) is 2.59. The summed E-state index contributed by atoms with van der Waals surface area (Å²) in [5, 5.41) is 3.48. The molecule has 1 atom stereocenters. The van der Waals surface area contributed by atoms with Gasteiger partial charge in [0, 0.05) is 33.4 Å². The van der Waals surface area contributed by atoms with Gasteiger partial charge in [0.15, 0.2) is 0 Å². The SMILES string of the molecule is CC(C)(C)OC(=O)N1CCCC(CNc2ccc(I)c(Br)c2)C1. The number of benzene rings is 1. The van der Waals surface area contributed by atoms with E-state index in [2.05, 4.69) is 62.0 Å². The summed E-state index contributed by atoms with van der Waals surface area (Å²) in [4.78, 5) is 14.0. The standard InChI is InChI=1S/C17H24BrIN2O2/c1-17(2,3)23-16(22)21-8-4-5-12(11-21)10-20-13-6-7-15(19)14(18)9-13/h6-7,9,12,20H,4-5,8,10-11H2,1-3H3. The fourth-order valence-corrected chi connectivity index (χ4v) is 3.31. The molecule has 1 N–H and O–H groups in total. The molecular weight excluding hydrogens is 471 g/mol. The highest BCUT2D eigenvalue weighted by Crippen LogP contribution is 2.24. The van der Waals surface area contributed by atoms with Crippen LogP contribution in [0, 0.1) is 9.49 Å². The van der Waals surface area contributed by atoms with E-state index in [-0.39, 0.29) is 6.09 Å². The van der Waals surface area contributed by atoms with Gasteiger partial charge in [-0.15, -0.1) is 0 Å². The zero-order chi connectivity index (χ0) is 17.0. The van der Waals surface area contributed by atoms with Crippen LogP contribution in [0.2, 0.25) is 0 Å². The fraction of sp³-hybridized carbons (Fsp3) is 0.588. The van der Waals surface area contributed by atoms with Crippen molar-refractivity contribution in [3.05, 3.63) is 26.2 Å². The van der Waals surface area contributed by atoms with Crippen LogP contribution < -0.4 is 5.32 Å². The first kappa shape index (κ1) is 18.8. The molecule has 0 saturated carbocycles. The Morgan fingerprint density at radius 3 is 2.87 bits per heavy atom. The molecule has 1 amide bonds. The van der Waals surface area contributed by atoms with Gasteiger partial charge in [-0.2, -0.15) is 0 Å². The van der Waals surface area contributed by atoms with Crippen molar-refractivity contribution in [1.29, 1.82) is 0 Å². The van der Waals surface area contributed by atoms with Gasteiger partial charge in [-0.25, -0.2) is 4.79 Å². The minimum Gasteiger partial charge on any atom is -0.444 e. The molecule has 23 heavy (non-hydrogen) atoms. The number of hydrogen-bond donors (Lipinski definition) is 1. The second kappa shape index (κ2) is 8.05. The van der Waals surface area contributed by atoms with Gasteiger partial charge in [0.25, 0.3) is 0 Å². The van der Waals surface area contributed by atoms with E-state index in [9.17, 15) is 4.79 Å². The molecular formula is C17H24BrIN2O2. The van der Waals surface area contributed by atoms with Gasteiger partial charge in [-0.3, -0.25) is 0 Å². The second-order valence-corrected chi connectivity index (χ2v) is 8.96. The molecule has 6 heteroatoms. The predicted molar refractivity (Wildman–Crippen MR) is 106 cm³/mol. The molecule has 0 aromatic heterocycles. The van der Waals surface area contributed by atoms with E-state index in [0.29, 0.717) is 5.92 Å². The van der Waals surface area contributed by atoms with Crippen molar-refractivity contribution in [2.75, 3.05) is 25.0 Å². The molecule has 1 fully saturated rings. The minimum absolute atomic E-state index is 0.195. The van der Waals surface area contributed by atoms with Crippen LogP contribution >= 0.6 is 38.5 Å². The first-order valence-electron chi connectivity index (χ1n) is 7.91. The molecule has 0 aliphatic carbocycles. The number of nitrogens with one attached hydrogen (secondary N) is 1. The van der Waals surface area contributed by atoms with E-state index in [1.165, 1.54) is 3.57 Å². The number of amides is 1. The second-order valence-electron chi connectivity index (χ2n) is 6.94. The maximum atomic E-state index is 12.2. The van der Waals surface area contributed by atoms with Crippen molar-refractivity contribution in [2.24, 2.45) is 5.92 Å². The number of ether oxygens (including phenoxy) is 1. The number of rotatable bonds is 3. The summed E-state index contributed by atoms with van der Waals surface area (Å²) in [7, 11) is 0. The van der Waals surface area contributed by atoms with Gasteiger partial charge in [0.1, 0.15) is 5.60 Å². The van der Waals surface area contributed by atoms with Crippen LogP contribution in [-0.4, -0.2) is 36.2 Å². The molecule has 1 aliphatic heterocycles. The molecule has 1 aromatic rings. The summed E-state index contributed by atoms with van der Waals surface area (Å²) < 4.78 is 7.77. The van der Waals surface area contributed by atoms with E-state index in [1.807, 2.05) is 25.7 Å². The summed E-state index contributed by atoms with van der Waals surface area (Å²) in [6.07, 6.45) is 1.97. The highest BCUT2D eigenvalue weighted by Gasteiger charge is 2.27. The maximum Gasteiger partial charge on any atom is 0.410 e. The first-order valence-corrected chi connectivity index (χ1v) is 9.78. The summed E-state index contributed by atoms with van der Waals surface area (Å²) in [5.74, 6) is 0.453. The van der Waals surface area contributed by atoms with Crippen molar-refractivity contribution in [2.45, 2.75) is 39.2 Å². The van der Waals surface area contributed by atoms with Gasteiger partial charge in [-0.1, -0.05) is 0 Å². The Balaban J connectivity index is 1.86. The molecule has 1 aliphatic rings. The quantitative estimate of drug-likeness (QED) is 0.593. The molecule has 1 unspecified atom stereocenters. The summed E-state index contributed by atoms with van der Waals surface area (Å²) in [6.45, 7) is 8.13. The van der Waals surface area contributed by atoms with Gasteiger partial charge in [0.05, 0.1) is 0 Å². The van der Waals surface area contributed by atoms with Crippen LogP contribution in [0.5, 0.6) is 0 Å². The van der Waals surface area contributed by atoms with Crippen molar-refractivity contribution >= 4 is 50.3 Å². The Hall–Kier alpha value is -0.500.